The van der Waals surface area contributed by atoms with Crippen LogP contribution in [0.4, 0.5) is 0 Å². The van der Waals surface area contributed by atoms with Gasteiger partial charge in [0.25, 0.3) is 0 Å². The first-order valence-corrected chi connectivity index (χ1v) is 6.06. The average Bonchev–Trinajstić information content (AvgIpc) is 2.82. The first-order chi connectivity index (χ1) is 8.16. The highest BCUT2D eigenvalue weighted by molar-refractivity contribution is 5.77. The van der Waals surface area contributed by atoms with Gasteiger partial charge in [0, 0.05) is 13.0 Å². The molecule has 3 rings (SSSR count). The van der Waals surface area contributed by atoms with E-state index in [9.17, 15) is 4.79 Å². The van der Waals surface area contributed by atoms with Crippen LogP contribution in [0, 0.1) is 0 Å². The molecule has 4 heteroatoms. The van der Waals surface area contributed by atoms with Crippen molar-refractivity contribution in [2.45, 2.75) is 19.4 Å². The SMILES string of the molecule is C[N+]1(CN2CCCC2=O)Cc2ccccc2O1. The van der Waals surface area contributed by atoms with E-state index in [1.807, 2.05) is 30.1 Å². The van der Waals surface area contributed by atoms with Crippen LogP contribution in [-0.4, -0.2) is 35.7 Å². The number of para-hydroxylation sites is 1. The maximum absolute atomic E-state index is 11.6. The molecule has 0 aliphatic carbocycles. The number of amides is 1. The van der Waals surface area contributed by atoms with Gasteiger partial charge in [-0.1, -0.05) is 12.1 Å². The van der Waals surface area contributed by atoms with Crippen LogP contribution in [0.3, 0.4) is 0 Å². The third-order valence-corrected chi connectivity index (χ3v) is 3.44. The number of nitrogens with zero attached hydrogens (tertiary/aromatic N) is 2. The maximum atomic E-state index is 11.6. The van der Waals surface area contributed by atoms with Crippen molar-refractivity contribution in [2.24, 2.45) is 0 Å². The largest absolute Gasteiger partial charge is 0.313 e. The lowest BCUT2D eigenvalue weighted by Gasteiger charge is -2.29. The summed E-state index contributed by atoms with van der Waals surface area (Å²) < 4.78 is 0.449. The standard InChI is InChI=1S/C13H17N2O2/c1-15(10-14-8-4-7-13(14)16)9-11-5-2-3-6-12(11)17-15/h2-3,5-6H,4,7-10H2,1H3/q+1. The maximum Gasteiger partial charge on any atom is 0.227 e. The molecular weight excluding hydrogens is 216 g/mol. The van der Waals surface area contributed by atoms with Crippen molar-refractivity contribution in [1.29, 1.82) is 0 Å². The molecule has 1 atom stereocenters. The molecule has 0 bridgehead atoms. The van der Waals surface area contributed by atoms with E-state index < -0.39 is 0 Å². The highest BCUT2D eigenvalue weighted by Crippen LogP contribution is 2.32. The van der Waals surface area contributed by atoms with Crippen molar-refractivity contribution in [1.82, 2.24) is 4.90 Å². The van der Waals surface area contributed by atoms with Crippen LogP contribution in [0.1, 0.15) is 18.4 Å². The normalized spacial score (nSPS) is 27.1. The fourth-order valence-electron chi connectivity index (χ4n) is 2.65. The van der Waals surface area contributed by atoms with Crippen LogP contribution < -0.4 is 4.84 Å². The van der Waals surface area contributed by atoms with Gasteiger partial charge >= 0.3 is 0 Å². The van der Waals surface area contributed by atoms with Crippen molar-refractivity contribution in [3.63, 3.8) is 0 Å². The Bertz CT molecular complexity index is 433. The van der Waals surface area contributed by atoms with Crippen LogP contribution in [0.2, 0.25) is 0 Å². The summed E-state index contributed by atoms with van der Waals surface area (Å²) in [6, 6.07) is 8.09. The molecule has 4 nitrogen and oxygen atoms in total. The fraction of sp³-hybridized carbons (Fsp3) is 0.462. The van der Waals surface area contributed by atoms with Gasteiger partial charge in [-0.05, 0) is 18.6 Å². The average molecular weight is 233 g/mol. The van der Waals surface area contributed by atoms with Gasteiger partial charge in [-0.15, -0.1) is 4.65 Å². The van der Waals surface area contributed by atoms with Crippen LogP contribution in [0.15, 0.2) is 24.3 Å². The van der Waals surface area contributed by atoms with E-state index in [0.29, 0.717) is 17.7 Å². The van der Waals surface area contributed by atoms with Gasteiger partial charge in [0.1, 0.15) is 13.6 Å². The number of quaternary nitrogens is 1. The fourth-order valence-corrected chi connectivity index (χ4v) is 2.65. The number of hydroxylamine groups is 3. The van der Waals surface area contributed by atoms with Crippen LogP contribution in [0.5, 0.6) is 5.75 Å². The Labute approximate surface area is 101 Å². The molecule has 2 aliphatic heterocycles. The summed E-state index contributed by atoms with van der Waals surface area (Å²) in [5.41, 5.74) is 1.22. The van der Waals surface area contributed by atoms with E-state index in [0.717, 1.165) is 25.3 Å². The summed E-state index contributed by atoms with van der Waals surface area (Å²) in [5, 5.41) is 0. The minimum absolute atomic E-state index is 0.254. The van der Waals surface area contributed by atoms with Gasteiger partial charge in [0.15, 0.2) is 12.4 Å². The second-order valence-corrected chi connectivity index (χ2v) is 5.06. The second-order valence-electron chi connectivity index (χ2n) is 5.06. The van der Waals surface area contributed by atoms with Crippen molar-refractivity contribution >= 4 is 5.91 Å². The highest BCUT2D eigenvalue weighted by atomic mass is 16.7. The summed E-state index contributed by atoms with van der Waals surface area (Å²) in [6.07, 6.45) is 1.67. The van der Waals surface area contributed by atoms with Crippen LogP contribution >= 0.6 is 0 Å². The Morgan fingerprint density at radius 1 is 1.41 bits per heavy atom. The molecule has 0 spiro atoms. The third kappa shape index (κ3) is 1.89. The van der Waals surface area contributed by atoms with Crippen LogP contribution in [0.25, 0.3) is 0 Å². The van der Waals surface area contributed by atoms with Gasteiger partial charge in [-0.2, -0.15) is 0 Å². The number of hydrogen-bond acceptors (Lipinski definition) is 2. The first kappa shape index (κ1) is 10.6. The first-order valence-electron chi connectivity index (χ1n) is 6.06. The number of hydrogen-bond donors (Lipinski definition) is 0. The summed E-state index contributed by atoms with van der Waals surface area (Å²) in [4.78, 5) is 19.5. The molecule has 1 saturated heterocycles. The molecule has 2 aliphatic rings. The summed E-state index contributed by atoms with van der Waals surface area (Å²) in [7, 11) is 2.03. The Kier molecular flexibility index (Phi) is 2.33. The van der Waals surface area contributed by atoms with Crippen molar-refractivity contribution in [3.05, 3.63) is 29.8 Å². The van der Waals surface area contributed by atoms with Gasteiger partial charge in [-0.25, -0.2) is 0 Å². The zero-order chi connectivity index (χ0) is 11.9. The Hall–Kier alpha value is -1.55. The zero-order valence-electron chi connectivity index (χ0n) is 10.1. The quantitative estimate of drug-likeness (QED) is 0.725. The van der Waals surface area contributed by atoms with E-state index in [2.05, 4.69) is 6.07 Å². The number of carbonyl (C=O) groups is 1. The Morgan fingerprint density at radius 3 is 2.94 bits per heavy atom. The molecule has 1 fully saturated rings. The Morgan fingerprint density at radius 2 is 2.24 bits per heavy atom. The second kappa shape index (κ2) is 3.74. The van der Waals surface area contributed by atoms with Gasteiger partial charge in [0.05, 0.1) is 5.56 Å². The number of fused-ring (bicyclic) bond motifs is 1. The molecule has 1 amide bonds. The third-order valence-electron chi connectivity index (χ3n) is 3.44. The molecule has 2 heterocycles. The van der Waals surface area contributed by atoms with Crippen molar-refractivity contribution in [2.75, 3.05) is 20.3 Å². The predicted octanol–water partition coefficient (Wildman–Crippen LogP) is 1.52. The molecule has 90 valence electrons. The lowest BCUT2D eigenvalue weighted by atomic mass is 10.2. The molecule has 0 radical (unpaired) electrons. The van der Waals surface area contributed by atoms with Crippen LogP contribution in [-0.2, 0) is 11.3 Å². The topological polar surface area (TPSA) is 29.5 Å². The molecular formula is C13H17N2O2+. The number of benzene rings is 1. The van der Waals surface area contributed by atoms with E-state index in [1.54, 1.807) is 0 Å². The lowest BCUT2D eigenvalue weighted by Crippen LogP contribution is -2.50. The van der Waals surface area contributed by atoms with Gasteiger partial charge in [-0.3, -0.25) is 9.69 Å². The van der Waals surface area contributed by atoms with Crippen molar-refractivity contribution in [3.8, 4) is 5.75 Å². The van der Waals surface area contributed by atoms with E-state index >= 15 is 0 Å². The summed E-state index contributed by atoms with van der Waals surface area (Å²) in [5.74, 6) is 1.20. The molecule has 0 saturated carbocycles. The number of likely N-dealkylation sites (tertiary alicyclic amines) is 1. The van der Waals surface area contributed by atoms with Gasteiger partial charge in [0.2, 0.25) is 5.91 Å². The zero-order valence-corrected chi connectivity index (χ0v) is 10.1. The Balaban J connectivity index is 1.75. The predicted molar refractivity (Wildman–Crippen MR) is 62.8 cm³/mol. The minimum atomic E-state index is 0.254. The monoisotopic (exact) mass is 233 g/mol. The summed E-state index contributed by atoms with van der Waals surface area (Å²) >= 11 is 0. The minimum Gasteiger partial charge on any atom is -0.313 e. The highest BCUT2D eigenvalue weighted by Gasteiger charge is 2.38. The number of rotatable bonds is 2. The lowest BCUT2D eigenvalue weighted by molar-refractivity contribution is -1.07. The van der Waals surface area contributed by atoms with E-state index in [1.165, 1.54) is 5.56 Å². The van der Waals surface area contributed by atoms with Gasteiger partial charge < -0.3 is 4.84 Å². The molecule has 0 N–H and O–H groups in total. The van der Waals surface area contributed by atoms with E-state index in [4.69, 9.17) is 4.84 Å². The smallest absolute Gasteiger partial charge is 0.227 e. The number of carbonyl (C=O) groups excluding carboxylic acids is 1. The van der Waals surface area contributed by atoms with Crippen molar-refractivity contribution < 1.29 is 14.3 Å². The van der Waals surface area contributed by atoms with E-state index in [-0.39, 0.29) is 5.91 Å². The molecule has 1 aromatic carbocycles. The molecule has 0 aromatic heterocycles. The summed E-state index contributed by atoms with van der Waals surface area (Å²) in [6.45, 7) is 2.35. The molecule has 1 aromatic rings. The molecule has 17 heavy (non-hydrogen) atoms. The molecule has 1 unspecified atom stereocenters.